The van der Waals surface area contributed by atoms with Gasteiger partial charge in [0.15, 0.2) is 5.96 Å². The highest BCUT2D eigenvalue weighted by Gasteiger charge is 2.31. The van der Waals surface area contributed by atoms with Gasteiger partial charge in [-0.15, -0.1) is 24.0 Å². The Morgan fingerprint density at radius 1 is 1.27 bits per heavy atom. The summed E-state index contributed by atoms with van der Waals surface area (Å²) in [6, 6.07) is 11.5. The molecule has 4 nitrogen and oxygen atoms in total. The molecule has 1 fully saturated rings. The number of rotatable bonds is 4. The zero-order valence-electron chi connectivity index (χ0n) is 14.0. The summed E-state index contributed by atoms with van der Waals surface area (Å²) in [5, 5.41) is 6.97. The summed E-state index contributed by atoms with van der Waals surface area (Å²) < 4.78 is 0. The molecule has 0 saturated carbocycles. The molecular weight excluding hydrogens is 387 g/mol. The molecule has 2 N–H and O–H groups in total. The molecule has 5 heteroatoms. The number of aliphatic imine (C=N–C) groups is 1. The first-order valence-corrected chi connectivity index (χ1v) is 7.85. The second-order valence-electron chi connectivity index (χ2n) is 6.19. The molecule has 22 heavy (non-hydrogen) atoms. The second kappa shape index (κ2) is 9.35. The first-order valence-electron chi connectivity index (χ1n) is 7.85. The molecule has 0 amide bonds. The number of benzene rings is 1. The van der Waals surface area contributed by atoms with Crippen LogP contribution in [0.2, 0.25) is 0 Å². The van der Waals surface area contributed by atoms with E-state index in [1.807, 2.05) is 13.1 Å². The predicted octanol–water partition coefficient (Wildman–Crippen LogP) is 2.70. The number of nitrogens with zero attached hydrogens (tertiary/aromatic N) is 2. The minimum atomic E-state index is 0. The molecule has 0 spiro atoms. The van der Waals surface area contributed by atoms with E-state index >= 15 is 0 Å². The van der Waals surface area contributed by atoms with Crippen LogP contribution in [0.3, 0.4) is 0 Å². The topological polar surface area (TPSA) is 39.7 Å². The van der Waals surface area contributed by atoms with Gasteiger partial charge in [-0.2, -0.15) is 0 Å². The standard InChI is InChI=1S/C17H28N4.HI/c1-13(2)21-11-14(3)16(12-21)20-17(18-4)19-10-15-8-6-5-7-9-15;/h5-9,13-14,16H,10-12H2,1-4H3,(H2,18,19,20);1H. The van der Waals surface area contributed by atoms with Gasteiger partial charge in [0, 0.05) is 38.8 Å². The maximum absolute atomic E-state index is 4.35. The highest BCUT2D eigenvalue weighted by molar-refractivity contribution is 14.0. The van der Waals surface area contributed by atoms with Crippen LogP contribution in [0.1, 0.15) is 26.3 Å². The summed E-state index contributed by atoms with van der Waals surface area (Å²) in [6.07, 6.45) is 0. The van der Waals surface area contributed by atoms with Gasteiger partial charge in [0.25, 0.3) is 0 Å². The minimum absolute atomic E-state index is 0. The van der Waals surface area contributed by atoms with Gasteiger partial charge in [-0.05, 0) is 25.3 Å². The van der Waals surface area contributed by atoms with Crippen LogP contribution in [0.15, 0.2) is 35.3 Å². The van der Waals surface area contributed by atoms with Gasteiger partial charge in [0.1, 0.15) is 0 Å². The molecule has 2 unspecified atom stereocenters. The van der Waals surface area contributed by atoms with Gasteiger partial charge < -0.3 is 10.6 Å². The Morgan fingerprint density at radius 3 is 2.50 bits per heavy atom. The molecule has 0 bridgehead atoms. The lowest BCUT2D eigenvalue weighted by molar-refractivity contribution is 0.265. The summed E-state index contributed by atoms with van der Waals surface area (Å²) in [5.74, 6) is 1.53. The maximum atomic E-state index is 4.35. The zero-order chi connectivity index (χ0) is 15.2. The molecule has 0 aromatic heterocycles. The Hall–Kier alpha value is -0.820. The van der Waals surface area contributed by atoms with Crippen LogP contribution >= 0.6 is 24.0 Å². The molecule has 1 saturated heterocycles. The second-order valence-corrected chi connectivity index (χ2v) is 6.19. The van der Waals surface area contributed by atoms with Gasteiger partial charge in [0.05, 0.1) is 0 Å². The average Bonchev–Trinajstić information content (AvgIpc) is 2.86. The van der Waals surface area contributed by atoms with E-state index in [1.165, 1.54) is 5.56 Å². The summed E-state index contributed by atoms with van der Waals surface area (Å²) in [7, 11) is 1.83. The third kappa shape index (κ3) is 5.43. The van der Waals surface area contributed by atoms with Crippen LogP contribution in [0.25, 0.3) is 0 Å². The fraction of sp³-hybridized carbons (Fsp3) is 0.588. The third-order valence-corrected chi connectivity index (χ3v) is 4.22. The molecule has 1 aromatic rings. The van der Waals surface area contributed by atoms with Crippen LogP contribution in [-0.2, 0) is 6.54 Å². The van der Waals surface area contributed by atoms with Crippen LogP contribution in [0.4, 0.5) is 0 Å². The molecule has 124 valence electrons. The Kier molecular flexibility index (Phi) is 8.17. The Balaban J connectivity index is 0.00000242. The lowest BCUT2D eigenvalue weighted by Crippen LogP contribution is -2.46. The molecule has 0 radical (unpaired) electrons. The fourth-order valence-corrected chi connectivity index (χ4v) is 2.77. The zero-order valence-corrected chi connectivity index (χ0v) is 16.4. The van der Waals surface area contributed by atoms with Crippen molar-refractivity contribution in [3.63, 3.8) is 0 Å². The highest BCUT2D eigenvalue weighted by atomic mass is 127. The molecule has 0 aliphatic carbocycles. The SMILES string of the molecule is CN=C(NCc1ccccc1)NC1CN(C(C)C)CC1C.I. The van der Waals surface area contributed by atoms with Gasteiger partial charge in [-0.3, -0.25) is 9.89 Å². The van der Waals surface area contributed by atoms with Crippen molar-refractivity contribution in [2.75, 3.05) is 20.1 Å². The van der Waals surface area contributed by atoms with Gasteiger partial charge in [0.2, 0.25) is 0 Å². The fourth-order valence-electron chi connectivity index (χ4n) is 2.77. The van der Waals surface area contributed by atoms with Crippen molar-refractivity contribution < 1.29 is 0 Å². The average molecular weight is 416 g/mol. The van der Waals surface area contributed by atoms with E-state index < -0.39 is 0 Å². The Labute approximate surface area is 151 Å². The lowest BCUT2D eigenvalue weighted by atomic mass is 10.1. The molecular formula is C17H29IN4. The predicted molar refractivity (Wildman–Crippen MR) is 105 cm³/mol. The number of guanidine groups is 1. The van der Waals surface area contributed by atoms with Crippen molar-refractivity contribution in [3.8, 4) is 0 Å². The van der Waals surface area contributed by atoms with E-state index in [4.69, 9.17) is 0 Å². The van der Waals surface area contributed by atoms with E-state index in [0.29, 0.717) is 18.0 Å². The summed E-state index contributed by atoms with van der Waals surface area (Å²) in [4.78, 5) is 6.87. The first-order chi connectivity index (χ1) is 10.1. The highest BCUT2D eigenvalue weighted by Crippen LogP contribution is 2.18. The molecule has 2 rings (SSSR count). The molecule has 1 aliphatic rings. The van der Waals surface area contributed by atoms with Crippen molar-refractivity contribution in [2.45, 2.75) is 39.4 Å². The van der Waals surface area contributed by atoms with E-state index in [-0.39, 0.29) is 24.0 Å². The lowest BCUT2D eigenvalue weighted by Gasteiger charge is -2.22. The van der Waals surface area contributed by atoms with Crippen molar-refractivity contribution >= 4 is 29.9 Å². The number of hydrogen-bond donors (Lipinski definition) is 2. The summed E-state index contributed by atoms with van der Waals surface area (Å²) >= 11 is 0. The van der Waals surface area contributed by atoms with E-state index in [9.17, 15) is 0 Å². The molecule has 1 aliphatic heterocycles. The third-order valence-electron chi connectivity index (χ3n) is 4.22. The number of halogens is 1. The molecule has 1 aromatic carbocycles. The van der Waals surface area contributed by atoms with Crippen molar-refractivity contribution in [2.24, 2.45) is 10.9 Å². The van der Waals surface area contributed by atoms with Crippen molar-refractivity contribution in [1.82, 2.24) is 15.5 Å². The number of likely N-dealkylation sites (tertiary alicyclic amines) is 1. The Morgan fingerprint density at radius 2 is 1.95 bits per heavy atom. The van der Waals surface area contributed by atoms with Crippen molar-refractivity contribution in [1.29, 1.82) is 0 Å². The number of hydrogen-bond acceptors (Lipinski definition) is 2. The van der Waals surface area contributed by atoms with Crippen LogP contribution in [0.5, 0.6) is 0 Å². The molecule has 1 heterocycles. The Bertz CT molecular complexity index is 461. The van der Waals surface area contributed by atoms with Crippen molar-refractivity contribution in [3.05, 3.63) is 35.9 Å². The summed E-state index contributed by atoms with van der Waals surface area (Å²) in [5.41, 5.74) is 1.27. The van der Waals surface area contributed by atoms with Crippen LogP contribution < -0.4 is 10.6 Å². The monoisotopic (exact) mass is 416 g/mol. The van der Waals surface area contributed by atoms with E-state index in [1.54, 1.807) is 0 Å². The van der Waals surface area contributed by atoms with E-state index in [2.05, 4.69) is 65.6 Å². The van der Waals surface area contributed by atoms with Gasteiger partial charge in [-0.25, -0.2) is 0 Å². The smallest absolute Gasteiger partial charge is 0.191 e. The van der Waals surface area contributed by atoms with E-state index in [0.717, 1.165) is 25.6 Å². The van der Waals surface area contributed by atoms with Crippen LogP contribution in [0, 0.1) is 5.92 Å². The quantitative estimate of drug-likeness (QED) is 0.451. The minimum Gasteiger partial charge on any atom is -0.352 e. The largest absolute Gasteiger partial charge is 0.352 e. The van der Waals surface area contributed by atoms with Gasteiger partial charge >= 0.3 is 0 Å². The summed E-state index contributed by atoms with van der Waals surface area (Å²) in [6.45, 7) is 9.88. The van der Waals surface area contributed by atoms with Gasteiger partial charge in [-0.1, -0.05) is 37.3 Å². The maximum Gasteiger partial charge on any atom is 0.191 e. The normalized spacial score (nSPS) is 22.5. The first kappa shape index (κ1) is 19.2. The molecule has 2 atom stereocenters. The van der Waals surface area contributed by atoms with Crippen LogP contribution in [-0.4, -0.2) is 43.1 Å². The number of nitrogens with one attached hydrogen (secondary N) is 2.